The van der Waals surface area contributed by atoms with Crippen LogP contribution in [0.4, 0.5) is 0 Å². The normalized spacial score (nSPS) is 17.6. The third-order valence-corrected chi connectivity index (χ3v) is 10.4. The zero-order valence-corrected chi connectivity index (χ0v) is 26.5. The number of carboxylic acids is 1. The minimum absolute atomic E-state index is 0. The molecule has 7 nitrogen and oxygen atoms in total. The molecule has 2 N–H and O–H groups in total. The van der Waals surface area contributed by atoms with E-state index in [2.05, 4.69) is 30.1 Å². The van der Waals surface area contributed by atoms with Crippen molar-refractivity contribution >= 4 is 21.7 Å². The molecule has 8 heteroatoms. The van der Waals surface area contributed by atoms with E-state index in [4.69, 9.17) is 0 Å². The van der Waals surface area contributed by atoms with E-state index in [-0.39, 0.29) is 25.1 Å². The number of nitrogens with one attached hydrogen (secondary N) is 1. The minimum atomic E-state index is -3.37. The SMILES string of the molecule is C.Cc1ccccc1-c1cc(CN(C(C)C)C2(CC3CCCCC3)CCC2)ccc1C(=O)N[C@@H](CCS(C)(=O)=O)C(=O)O. The summed E-state index contributed by atoms with van der Waals surface area (Å²) in [6.45, 7) is 7.36. The van der Waals surface area contributed by atoms with E-state index < -0.39 is 27.8 Å². The van der Waals surface area contributed by atoms with Gasteiger partial charge in [0.25, 0.3) is 5.91 Å². The van der Waals surface area contributed by atoms with Crippen LogP contribution in [0.5, 0.6) is 0 Å². The Balaban J connectivity index is 0.00000506. The van der Waals surface area contributed by atoms with Gasteiger partial charge in [-0.15, -0.1) is 0 Å². The molecule has 0 saturated heterocycles. The lowest BCUT2D eigenvalue weighted by molar-refractivity contribution is -0.139. The maximum atomic E-state index is 13.5. The van der Waals surface area contributed by atoms with Crippen molar-refractivity contribution in [2.45, 2.75) is 117 Å². The first kappa shape index (κ1) is 34.8. The summed E-state index contributed by atoms with van der Waals surface area (Å²) in [6, 6.07) is 12.9. The van der Waals surface area contributed by atoms with Gasteiger partial charge in [0, 0.05) is 29.9 Å². The molecule has 0 unspecified atom stereocenters. The number of sulfone groups is 1. The first-order chi connectivity index (χ1) is 19.9. The molecule has 238 valence electrons. The van der Waals surface area contributed by atoms with Gasteiger partial charge in [-0.05, 0) is 93.2 Å². The van der Waals surface area contributed by atoms with Crippen LogP contribution in [0, 0.1) is 12.8 Å². The largest absolute Gasteiger partial charge is 0.480 e. The average Bonchev–Trinajstić information content (AvgIpc) is 2.91. The first-order valence-corrected chi connectivity index (χ1v) is 17.6. The van der Waals surface area contributed by atoms with Crippen molar-refractivity contribution in [1.82, 2.24) is 10.2 Å². The van der Waals surface area contributed by atoms with E-state index in [1.165, 1.54) is 57.8 Å². The average molecular weight is 613 g/mol. The summed E-state index contributed by atoms with van der Waals surface area (Å²) in [4.78, 5) is 28.1. The highest BCUT2D eigenvalue weighted by atomic mass is 32.2. The maximum absolute atomic E-state index is 13.5. The zero-order valence-electron chi connectivity index (χ0n) is 25.7. The summed E-state index contributed by atoms with van der Waals surface area (Å²) in [5, 5.41) is 12.3. The van der Waals surface area contributed by atoms with Crippen molar-refractivity contribution in [2.24, 2.45) is 5.92 Å². The summed E-state index contributed by atoms with van der Waals surface area (Å²) in [7, 11) is -3.37. The highest BCUT2D eigenvalue weighted by molar-refractivity contribution is 7.90. The van der Waals surface area contributed by atoms with Crippen LogP contribution in [0.15, 0.2) is 42.5 Å². The van der Waals surface area contributed by atoms with Crippen LogP contribution >= 0.6 is 0 Å². The van der Waals surface area contributed by atoms with Crippen LogP contribution in [0.3, 0.4) is 0 Å². The lowest BCUT2D eigenvalue weighted by Crippen LogP contribution is -2.57. The molecule has 1 atom stereocenters. The van der Waals surface area contributed by atoms with E-state index in [0.29, 0.717) is 11.6 Å². The molecule has 0 spiro atoms. The van der Waals surface area contributed by atoms with Gasteiger partial charge in [-0.2, -0.15) is 0 Å². The monoisotopic (exact) mass is 612 g/mol. The molecule has 2 aromatic rings. The molecule has 0 bridgehead atoms. The number of carbonyl (C=O) groups is 2. The summed E-state index contributed by atoms with van der Waals surface area (Å²) in [5.41, 5.74) is 4.43. The molecule has 4 rings (SSSR count). The quantitative estimate of drug-likeness (QED) is 0.252. The Kier molecular flexibility index (Phi) is 12.0. The molecular weight excluding hydrogens is 560 g/mol. The number of benzene rings is 2. The van der Waals surface area contributed by atoms with Gasteiger partial charge in [-0.25, -0.2) is 13.2 Å². The molecule has 0 aromatic heterocycles. The zero-order chi connectivity index (χ0) is 30.5. The molecule has 0 radical (unpaired) electrons. The van der Waals surface area contributed by atoms with Gasteiger partial charge in [0.1, 0.15) is 15.9 Å². The van der Waals surface area contributed by atoms with Gasteiger partial charge in [-0.3, -0.25) is 9.69 Å². The first-order valence-electron chi connectivity index (χ1n) is 15.6. The van der Waals surface area contributed by atoms with E-state index in [9.17, 15) is 23.1 Å². The predicted molar refractivity (Wildman–Crippen MR) is 175 cm³/mol. The Morgan fingerprint density at radius 1 is 1.02 bits per heavy atom. The van der Waals surface area contributed by atoms with Crippen LogP contribution in [0.1, 0.15) is 107 Å². The summed E-state index contributed by atoms with van der Waals surface area (Å²) < 4.78 is 23.3. The Hall–Kier alpha value is -2.71. The second-order valence-electron chi connectivity index (χ2n) is 13.0. The van der Waals surface area contributed by atoms with Gasteiger partial charge in [0.05, 0.1) is 5.75 Å². The number of aryl methyl sites for hydroxylation is 1. The predicted octanol–water partition coefficient (Wildman–Crippen LogP) is 7.02. The van der Waals surface area contributed by atoms with Crippen LogP contribution < -0.4 is 5.32 Å². The lowest BCUT2D eigenvalue weighted by atomic mass is 9.67. The number of carboxylic acid groups (broad SMARTS) is 1. The Labute approximate surface area is 259 Å². The second kappa shape index (κ2) is 14.8. The maximum Gasteiger partial charge on any atom is 0.326 e. The van der Waals surface area contributed by atoms with Crippen molar-refractivity contribution in [3.8, 4) is 11.1 Å². The fraction of sp³-hybridized carbons (Fsp3) is 0.600. The van der Waals surface area contributed by atoms with Gasteiger partial charge in [0.2, 0.25) is 0 Å². The Morgan fingerprint density at radius 2 is 1.70 bits per heavy atom. The van der Waals surface area contributed by atoms with Crippen LogP contribution in [0.2, 0.25) is 0 Å². The third kappa shape index (κ3) is 8.91. The van der Waals surface area contributed by atoms with Crippen LogP contribution in [-0.2, 0) is 21.2 Å². The van der Waals surface area contributed by atoms with E-state index in [1.807, 2.05) is 37.3 Å². The lowest BCUT2D eigenvalue weighted by Gasteiger charge is -2.54. The molecule has 2 fully saturated rings. The minimum Gasteiger partial charge on any atom is -0.480 e. The van der Waals surface area contributed by atoms with E-state index >= 15 is 0 Å². The van der Waals surface area contributed by atoms with Crippen molar-refractivity contribution < 1.29 is 23.1 Å². The Morgan fingerprint density at radius 3 is 2.26 bits per heavy atom. The summed E-state index contributed by atoms with van der Waals surface area (Å²) in [5.74, 6) is -1.29. The molecule has 0 heterocycles. The van der Waals surface area contributed by atoms with Crippen molar-refractivity contribution in [2.75, 3.05) is 12.0 Å². The Bertz CT molecular complexity index is 1360. The fourth-order valence-electron chi connectivity index (χ4n) is 7.03. The number of rotatable bonds is 13. The number of carbonyl (C=O) groups excluding carboxylic acids is 1. The van der Waals surface area contributed by atoms with E-state index in [0.717, 1.165) is 41.0 Å². The molecule has 2 aliphatic rings. The number of nitrogens with zero attached hydrogens (tertiary/aromatic N) is 1. The number of hydrogen-bond donors (Lipinski definition) is 2. The molecular formula is C35H52N2O5S. The number of amides is 1. The van der Waals surface area contributed by atoms with Gasteiger partial charge < -0.3 is 10.4 Å². The van der Waals surface area contributed by atoms with Crippen molar-refractivity contribution in [1.29, 1.82) is 0 Å². The van der Waals surface area contributed by atoms with Crippen LogP contribution in [0.25, 0.3) is 11.1 Å². The van der Waals surface area contributed by atoms with Crippen molar-refractivity contribution in [3.63, 3.8) is 0 Å². The third-order valence-electron chi connectivity index (χ3n) is 9.41. The number of aliphatic carboxylic acids is 1. The van der Waals surface area contributed by atoms with Gasteiger partial charge in [-0.1, -0.05) is 69.9 Å². The topological polar surface area (TPSA) is 104 Å². The standard InChI is InChI=1S/C34H48N2O5S.CH4/c1-24(2)36(34(18-10-19-34)22-26-12-6-5-7-13-26)23-27-15-16-29(30(21-27)28-14-9-8-11-25(28)3)32(37)35-31(33(38)39)17-20-42(4,40)41;/h8-9,11,14-16,21,24,26,31H,5-7,10,12-13,17-20,22-23H2,1-4H3,(H,35,37)(H,38,39);1H4/t31-;/m0./s1. The summed E-state index contributed by atoms with van der Waals surface area (Å²) >= 11 is 0. The van der Waals surface area contributed by atoms with Crippen molar-refractivity contribution in [3.05, 3.63) is 59.2 Å². The molecule has 43 heavy (non-hydrogen) atoms. The molecule has 2 saturated carbocycles. The van der Waals surface area contributed by atoms with Gasteiger partial charge in [0.15, 0.2) is 0 Å². The fourth-order valence-corrected chi connectivity index (χ4v) is 7.69. The highest BCUT2D eigenvalue weighted by Crippen LogP contribution is 2.47. The molecule has 0 aliphatic heterocycles. The second-order valence-corrected chi connectivity index (χ2v) is 15.2. The summed E-state index contributed by atoms with van der Waals surface area (Å²) in [6.07, 6.45) is 12.6. The number of hydrogen-bond acceptors (Lipinski definition) is 5. The van der Waals surface area contributed by atoms with E-state index in [1.54, 1.807) is 6.07 Å². The van der Waals surface area contributed by atoms with Gasteiger partial charge >= 0.3 is 5.97 Å². The molecule has 2 aromatic carbocycles. The smallest absolute Gasteiger partial charge is 0.326 e. The highest BCUT2D eigenvalue weighted by Gasteiger charge is 2.44. The van der Waals surface area contributed by atoms with Crippen LogP contribution in [-0.4, -0.2) is 59.9 Å². The molecule has 1 amide bonds. The molecule has 2 aliphatic carbocycles.